The highest BCUT2D eigenvalue weighted by atomic mass is 16.7. The molecule has 7 unspecified atom stereocenters. The average Bonchev–Trinajstić information content (AvgIpc) is 3.80. The summed E-state index contributed by atoms with van der Waals surface area (Å²) in [6.07, 6.45) is 8.92. The molecule has 2 amide bonds. The van der Waals surface area contributed by atoms with Gasteiger partial charge in [0, 0.05) is 45.2 Å². The van der Waals surface area contributed by atoms with E-state index >= 15 is 0 Å². The van der Waals surface area contributed by atoms with E-state index in [4.69, 9.17) is 23.8 Å². The Morgan fingerprint density at radius 1 is 1.11 bits per heavy atom. The Labute approximate surface area is 312 Å². The summed E-state index contributed by atoms with van der Waals surface area (Å²) in [5.74, 6) is -1.31. The normalized spacial score (nSPS) is 33.0. The molecular formula is C38H59N3O12. The smallest absolute Gasteiger partial charge is 0.332 e. The maximum Gasteiger partial charge on any atom is 0.332 e. The van der Waals surface area contributed by atoms with Crippen molar-refractivity contribution in [3.05, 3.63) is 36.0 Å². The molecule has 298 valence electrons. The number of unbranched alkanes of at least 4 members (excludes halogenated alkanes) is 2. The first kappa shape index (κ1) is 42.6. The van der Waals surface area contributed by atoms with Gasteiger partial charge in [0.05, 0.1) is 31.3 Å². The topological polar surface area (TPSA) is 206 Å². The number of amides is 2. The molecule has 15 nitrogen and oxygen atoms in total. The van der Waals surface area contributed by atoms with Crippen LogP contribution in [0.1, 0.15) is 98.8 Å². The van der Waals surface area contributed by atoms with Gasteiger partial charge in [-0.2, -0.15) is 0 Å². The second-order valence-electron chi connectivity index (χ2n) is 14.8. The minimum Gasteiger partial charge on any atom is -0.459 e. The SMILES string of the molecule is CC(=O)OC(C)/C=C\C(O)N[C@@H]1C[C@H](C)C(C/C=C(C)/C=C/C2O[C@H](CC(=O)NCCCCCC(=O)ON3C(=O)CCC3O)CC3(CO3)[C@@H]2O)OC1C. The van der Waals surface area contributed by atoms with Crippen LogP contribution in [-0.4, -0.2) is 118 Å². The predicted octanol–water partition coefficient (Wildman–Crippen LogP) is 2.23. The summed E-state index contributed by atoms with van der Waals surface area (Å²) < 4.78 is 23.2. The first-order valence-corrected chi connectivity index (χ1v) is 18.9. The zero-order valence-electron chi connectivity index (χ0n) is 31.6. The van der Waals surface area contributed by atoms with E-state index in [1.54, 1.807) is 19.1 Å². The van der Waals surface area contributed by atoms with Crippen molar-refractivity contribution in [2.24, 2.45) is 5.92 Å². The lowest BCUT2D eigenvalue weighted by Gasteiger charge is -2.40. The molecule has 4 rings (SSSR count). The fraction of sp³-hybridized carbons (Fsp3) is 0.737. The van der Waals surface area contributed by atoms with Gasteiger partial charge in [-0.15, -0.1) is 5.06 Å². The van der Waals surface area contributed by atoms with E-state index in [0.29, 0.717) is 45.3 Å². The monoisotopic (exact) mass is 749 g/mol. The molecule has 4 aliphatic heterocycles. The molecule has 0 bridgehead atoms. The molecule has 0 aromatic heterocycles. The Bertz CT molecular complexity index is 1350. The Hall–Kier alpha value is -3.18. The van der Waals surface area contributed by atoms with Crippen LogP contribution in [0, 0.1) is 5.92 Å². The summed E-state index contributed by atoms with van der Waals surface area (Å²) in [5.41, 5.74) is 0.267. The first-order chi connectivity index (χ1) is 25.2. The van der Waals surface area contributed by atoms with Gasteiger partial charge < -0.3 is 44.4 Å². The first-order valence-electron chi connectivity index (χ1n) is 18.9. The summed E-state index contributed by atoms with van der Waals surface area (Å²) in [7, 11) is 0. The van der Waals surface area contributed by atoms with Gasteiger partial charge in [0.25, 0.3) is 5.91 Å². The van der Waals surface area contributed by atoms with Crippen LogP contribution >= 0.6 is 0 Å². The Morgan fingerprint density at radius 2 is 1.87 bits per heavy atom. The van der Waals surface area contributed by atoms with Crippen LogP contribution < -0.4 is 10.6 Å². The van der Waals surface area contributed by atoms with Crippen molar-refractivity contribution in [1.82, 2.24) is 15.7 Å². The van der Waals surface area contributed by atoms with E-state index < -0.39 is 54.3 Å². The van der Waals surface area contributed by atoms with Gasteiger partial charge in [0.2, 0.25) is 5.91 Å². The number of hydroxylamine groups is 2. The van der Waals surface area contributed by atoms with Crippen molar-refractivity contribution in [3.8, 4) is 0 Å². The van der Waals surface area contributed by atoms with Crippen LogP contribution in [0.4, 0.5) is 0 Å². The number of nitrogens with one attached hydrogen (secondary N) is 2. The number of aliphatic hydroxyl groups excluding tert-OH is 3. The number of esters is 1. The minimum absolute atomic E-state index is 0.0103. The number of aliphatic hydroxyl groups is 3. The van der Waals surface area contributed by atoms with Crippen LogP contribution in [0.3, 0.4) is 0 Å². The predicted molar refractivity (Wildman–Crippen MR) is 191 cm³/mol. The maximum atomic E-state index is 12.7. The van der Waals surface area contributed by atoms with Crippen LogP contribution in [-0.2, 0) is 43.0 Å². The van der Waals surface area contributed by atoms with Gasteiger partial charge in [-0.05, 0) is 64.5 Å². The molecule has 53 heavy (non-hydrogen) atoms. The quantitative estimate of drug-likeness (QED) is 0.0341. The lowest BCUT2D eigenvalue weighted by molar-refractivity contribution is -0.220. The van der Waals surface area contributed by atoms with E-state index in [1.165, 1.54) is 6.92 Å². The van der Waals surface area contributed by atoms with Gasteiger partial charge in [0.15, 0.2) is 6.23 Å². The fourth-order valence-corrected chi connectivity index (χ4v) is 6.99. The van der Waals surface area contributed by atoms with Crippen molar-refractivity contribution >= 4 is 23.8 Å². The van der Waals surface area contributed by atoms with E-state index in [2.05, 4.69) is 23.6 Å². The van der Waals surface area contributed by atoms with Gasteiger partial charge in [-0.1, -0.05) is 37.1 Å². The molecule has 11 atom stereocenters. The van der Waals surface area contributed by atoms with Crippen molar-refractivity contribution in [3.63, 3.8) is 0 Å². The number of ether oxygens (including phenoxy) is 4. The number of nitrogens with zero attached hydrogens (tertiary/aromatic N) is 1. The highest BCUT2D eigenvalue weighted by Gasteiger charge is 2.58. The number of carbonyl (C=O) groups excluding carboxylic acids is 4. The molecule has 0 radical (unpaired) electrons. The summed E-state index contributed by atoms with van der Waals surface area (Å²) in [6.45, 7) is 9.99. The third-order valence-corrected chi connectivity index (χ3v) is 10.2. The second kappa shape index (κ2) is 19.9. The van der Waals surface area contributed by atoms with E-state index in [9.17, 15) is 34.5 Å². The summed E-state index contributed by atoms with van der Waals surface area (Å²) >= 11 is 0. The van der Waals surface area contributed by atoms with E-state index in [1.807, 2.05) is 26.0 Å². The molecule has 4 heterocycles. The van der Waals surface area contributed by atoms with Gasteiger partial charge in [-0.25, -0.2) is 4.79 Å². The number of hydrogen-bond donors (Lipinski definition) is 5. The standard InChI is InChI=1S/C38H59N3O12/c1-23(10-13-30-24(2)19-29(26(4)51-30)40-32(43)15-12-25(3)50-27(5)42)11-14-31-37(48)38(22-49-38)21-28(52-31)20-33(44)39-18-8-6-7-9-36(47)53-41-34(45)16-17-35(41)46/h10-12,14-15,24-26,28-32,34,37,40,43,45,48H,6-9,13,16-22H2,1-5H3,(H,39,44)/b14-11+,15-12-,23-10+/t24-,25?,26?,28+,29+,30?,31?,32?,34?,37+,38?/m0/s1. The Kier molecular flexibility index (Phi) is 16.0. The third kappa shape index (κ3) is 13.3. The molecular weight excluding hydrogens is 690 g/mol. The molecule has 0 aromatic carbocycles. The van der Waals surface area contributed by atoms with Crippen LogP contribution in [0.2, 0.25) is 0 Å². The van der Waals surface area contributed by atoms with Crippen LogP contribution in [0.25, 0.3) is 0 Å². The lowest BCUT2D eigenvalue weighted by atomic mass is 9.87. The molecule has 0 saturated carbocycles. The summed E-state index contributed by atoms with van der Waals surface area (Å²) in [6, 6.07) is -0.0548. The second-order valence-corrected chi connectivity index (χ2v) is 14.8. The molecule has 15 heteroatoms. The highest BCUT2D eigenvalue weighted by Crippen LogP contribution is 2.43. The molecule has 1 spiro atoms. The third-order valence-electron chi connectivity index (χ3n) is 10.2. The fourth-order valence-electron chi connectivity index (χ4n) is 6.99. The van der Waals surface area contributed by atoms with E-state index in [0.717, 1.165) is 17.1 Å². The number of rotatable bonds is 18. The minimum atomic E-state index is -1.09. The van der Waals surface area contributed by atoms with Gasteiger partial charge >= 0.3 is 11.9 Å². The molecule has 4 saturated heterocycles. The van der Waals surface area contributed by atoms with Crippen LogP contribution in [0.5, 0.6) is 0 Å². The highest BCUT2D eigenvalue weighted by molar-refractivity contribution is 5.80. The van der Waals surface area contributed by atoms with Gasteiger partial charge in [-0.3, -0.25) is 19.7 Å². The summed E-state index contributed by atoms with van der Waals surface area (Å²) in [5, 5.41) is 38.0. The molecule has 0 aliphatic carbocycles. The molecule has 4 aliphatic rings. The molecule has 4 fully saturated rings. The van der Waals surface area contributed by atoms with E-state index in [-0.39, 0.29) is 61.7 Å². The zero-order chi connectivity index (χ0) is 38.7. The van der Waals surface area contributed by atoms with Crippen molar-refractivity contribution in [2.75, 3.05) is 13.2 Å². The number of carbonyl (C=O) groups is 4. The number of allylic oxidation sites excluding steroid dienone is 2. The number of hydrogen-bond acceptors (Lipinski definition) is 13. The van der Waals surface area contributed by atoms with Crippen LogP contribution in [0.15, 0.2) is 36.0 Å². The van der Waals surface area contributed by atoms with Crippen molar-refractivity contribution < 1.29 is 58.3 Å². The zero-order valence-corrected chi connectivity index (χ0v) is 31.6. The van der Waals surface area contributed by atoms with Crippen molar-refractivity contribution in [1.29, 1.82) is 0 Å². The summed E-state index contributed by atoms with van der Waals surface area (Å²) in [4.78, 5) is 52.4. The van der Waals surface area contributed by atoms with Crippen molar-refractivity contribution in [2.45, 2.75) is 160 Å². The lowest BCUT2D eigenvalue weighted by Crippen LogP contribution is -2.51. The maximum absolute atomic E-state index is 12.7. The number of epoxide rings is 1. The Morgan fingerprint density at radius 3 is 2.55 bits per heavy atom. The van der Waals surface area contributed by atoms with Gasteiger partial charge in [0.1, 0.15) is 30.1 Å². The Balaban J connectivity index is 1.16. The molecule has 5 N–H and O–H groups in total. The molecule has 0 aromatic rings. The average molecular weight is 750 g/mol. The largest absolute Gasteiger partial charge is 0.459 e.